The number of nitrogens with zero attached hydrogens (tertiary/aromatic N) is 2. The van der Waals surface area contributed by atoms with Crippen LogP contribution in [-0.4, -0.2) is 34.7 Å². The van der Waals surface area contributed by atoms with Crippen LogP contribution in [-0.2, 0) is 6.42 Å². The predicted octanol–water partition coefficient (Wildman–Crippen LogP) is 3.17. The highest BCUT2D eigenvalue weighted by Crippen LogP contribution is 2.27. The number of benzene rings is 1. The zero-order valence-electron chi connectivity index (χ0n) is 12.6. The van der Waals surface area contributed by atoms with Crippen molar-refractivity contribution in [2.45, 2.75) is 33.2 Å². The van der Waals surface area contributed by atoms with Crippen LogP contribution in [0.15, 0.2) is 30.3 Å². The van der Waals surface area contributed by atoms with Gasteiger partial charge in [-0.05, 0) is 31.1 Å². The van der Waals surface area contributed by atoms with Crippen molar-refractivity contribution in [2.75, 3.05) is 19.7 Å². The molecule has 108 valence electrons. The molecule has 3 nitrogen and oxygen atoms in total. The van der Waals surface area contributed by atoms with Crippen LogP contribution < -0.4 is 0 Å². The average molecular weight is 272 g/mol. The Bertz CT molecular complexity index is 564. The quantitative estimate of drug-likeness (QED) is 0.877. The van der Waals surface area contributed by atoms with Gasteiger partial charge in [-0.15, -0.1) is 0 Å². The predicted molar refractivity (Wildman–Crippen MR) is 83.9 cm³/mol. The molecule has 1 heterocycles. The van der Waals surface area contributed by atoms with Crippen LogP contribution in [0.3, 0.4) is 0 Å². The number of pyridine rings is 1. The molecule has 0 radical (unpaired) electrons. The highest BCUT2D eigenvalue weighted by molar-refractivity contribution is 5.82. The molecule has 0 aliphatic carbocycles. The van der Waals surface area contributed by atoms with E-state index in [9.17, 15) is 5.11 Å². The van der Waals surface area contributed by atoms with Crippen LogP contribution in [0.1, 0.15) is 38.1 Å². The Balaban J connectivity index is 2.56. The average Bonchev–Trinajstić information content (AvgIpc) is 2.51. The SMILES string of the molecule is CCc1ccc2cccc(C(CO)N(CC)CC)c2n1. The van der Waals surface area contributed by atoms with Crippen molar-refractivity contribution in [3.63, 3.8) is 0 Å². The molecule has 1 N–H and O–H groups in total. The molecule has 0 fully saturated rings. The van der Waals surface area contributed by atoms with Crippen molar-refractivity contribution in [3.05, 3.63) is 41.6 Å². The number of aromatic nitrogens is 1. The van der Waals surface area contributed by atoms with Gasteiger partial charge in [0.2, 0.25) is 0 Å². The van der Waals surface area contributed by atoms with Gasteiger partial charge in [-0.3, -0.25) is 9.88 Å². The highest BCUT2D eigenvalue weighted by Gasteiger charge is 2.19. The van der Waals surface area contributed by atoms with Crippen LogP contribution in [0.5, 0.6) is 0 Å². The zero-order valence-corrected chi connectivity index (χ0v) is 12.6. The second kappa shape index (κ2) is 6.82. The summed E-state index contributed by atoms with van der Waals surface area (Å²) < 4.78 is 0. The molecule has 0 spiro atoms. The number of rotatable bonds is 6. The van der Waals surface area contributed by atoms with E-state index in [1.165, 1.54) is 0 Å². The molecule has 3 heteroatoms. The van der Waals surface area contributed by atoms with Gasteiger partial charge in [-0.1, -0.05) is 45.0 Å². The lowest BCUT2D eigenvalue weighted by Gasteiger charge is -2.29. The maximum Gasteiger partial charge on any atom is 0.0754 e. The summed E-state index contributed by atoms with van der Waals surface area (Å²) in [6.45, 7) is 8.34. The molecule has 1 atom stereocenters. The van der Waals surface area contributed by atoms with E-state index in [1.807, 2.05) is 0 Å². The third kappa shape index (κ3) is 2.84. The first-order chi connectivity index (χ1) is 9.74. The van der Waals surface area contributed by atoms with E-state index in [4.69, 9.17) is 4.98 Å². The minimum absolute atomic E-state index is 0.0216. The topological polar surface area (TPSA) is 36.4 Å². The van der Waals surface area contributed by atoms with Crippen molar-refractivity contribution in [2.24, 2.45) is 0 Å². The first-order valence-corrected chi connectivity index (χ1v) is 7.48. The number of likely N-dealkylation sites (N-methyl/N-ethyl adjacent to an activating group) is 1. The summed E-state index contributed by atoms with van der Waals surface area (Å²) in [4.78, 5) is 7.05. The monoisotopic (exact) mass is 272 g/mol. The molecule has 0 aliphatic heterocycles. The van der Waals surface area contributed by atoms with Gasteiger partial charge in [-0.25, -0.2) is 0 Å². The molecule has 2 rings (SSSR count). The fourth-order valence-corrected chi connectivity index (χ4v) is 2.75. The third-order valence-electron chi connectivity index (χ3n) is 3.96. The Morgan fingerprint density at radius 3 is 2.45 bits per heavy atom. The van der Waals surface area contributed by atoms with Crippen molar-refractivity contribution in [1.29, 1.82) is 0 Å². The van der Waals surface area contributed by atoms with E-state index in [2.05, 4.69) is 56.0 Å². The number of hydrogen-bond donors (Lipinski definition) is 1. The molecule has 20 heavy (non-hydrogen) atoms. The Hall–Kier alpha value is -1.45. The van der Waals surface area contributed by atoms with Crippen LogP contribution in [0.4, 0.5) is 0 Å². The maximum atomic E-state index is 9.83. The second-order valence-corrected chi connectivity index (χ2v) is 4.99. The fraction of sp³-hybridized carbons (Fsp3) is 0.471. The number of aliphatic hydroxyl groups is 1. The summed E-state index contributed by atoms with van der Waals surface area (Å²) in [5.41, 5.74) is 3.25. The Morgan fingerprint density at radius 2 is 1.85 bits per heavy atom. The highest BCUT2D eigenvalue weighted by atomic mass is 16.3. The molecule has 0 saturated heterocycles. The lowest BCUT2D eigenvalue weighted by atomic mass is 10.0. The van der Waals surface area contributed by atoms with Gasteiger partial charge in [0.1, 0.15) is 0 Å². The number of hydrogen-bond acceptors (Lipinski definition) is 3. The minimum Gasteiger partial charge on any atom is -0.394 e. The van der Waals surface area contributed by atoms with Crippen molar-refractivity contribution >= 4 is 10.9 Å². The van der Waals surface area contributed by atoms with E-state index < -0.39 is 0 Å². The molecule has 2 aromatic rings. The van der Waals surface area contributed by atoms with Crippen molar-refractivity contribution < 1.29 is 5.11 Å². The van der Waals surface area contributed by atoms with Crippen LogP contribution in [0, 0.1) is 0 Å². The van der Waals surface area contributed by atoms with E-state index >= 15 is 0 Å². The molecule has 1 unspecified atom stereocenters. The summed E-state index contributed by atoms with van der Waals surface area (Å²) in [5, 5.41) is 11.0. The standard InChI is InChI=1S/C17H24N2O/c1-4-14-11-10-13-8-7-9-15(17(13)18-14)16(12-20)19(5-2)6-3/h7-11,16,20H,4-6,12H2,1-3H3. The largest absolute Gasteiger partial charge is 0.394 e. The summed E-state index contributed by atoms with van der Waals surface area (Å²) in [7, 11) is 0. The van der Waals surface area contributed by atoms with Crippen LogP contribution >= 0.6 is 0 Å². The number of fused-ring (bicyclic) bond motifs is 1. The Kier molecular flexibility index (Phi) is 5.10. The van der Waals surface area contributed by atoms with E-state index in [1.54, 1.807) is 0 Å². The Morgan fingerprint density at radius 1 is 1.10 bits per heavy atom. The lowest BCUT2D eigenvalue weighted by Crippen LogP contribution is -2.31. The molecular weight excluding hydrogens is 248 g/mol. The van der Waals surface area contributed by atoms with Crippen LogP contribution in [0.2, 0.25) is 0 Å². The minimum atomic E-state index is 0.0216. The summed E-state index contributed by atoms with van der Waals surface area (Å²) in [6.07, 6.45) is 0.930. The van der Waals surface area contributed by atoms with E-state index in [-0.39, 0.29) is 12.6 Å². The number of aryl methyl sites for hydroxylation is 1. The lowest BCUT2D eigenvalue weighted by molar-refractivity contribution is 0.134. The maximum absolute atomic E-state index is 9.83. The normalized spacial score (nSPS) is 13.1. The molecule has 1 aromatic carbocycles. The smallest absolute Gasteiger partial charge is 0.0754 e. The van der Waals surface area contributed by atoms with E-state index in [0.29, 0.717) is 0 Å². The second-order valence-electron chi connectivity index (χ2n) is 4.99. The molecule has 0 saturated carbocycles. The fourth-order valence-electron chi connectivity index (χ4n) is 2.75. The Labute approximate surface area is 121 Å². The summed E-state index contributed by atoms with van der Waals surface area (Å²) in [6, 6.07) is 10.5. The van der Waals surface area contributed by atoms with Crippen LogP contribution in [0.25, 0.3) is 10.9 Å². The van der Waals surface area contributed by atoms with Crippen molar-refractivity contribution in [3.8, 4) is 0 Å². The number of aliphatic hydroxyl groups excluding tert-OH is 1. The molecule has 0 amide bonds. The summed E-state index contributed by atoms with van der Waals surface area (Å²) >= 11 is 0. The van der Waals surface area contributed by atoms with Gasteiger partial charge in [0.25, 0.3) is 0 Å². The first-order valence-electron chi connectivity index (χ1n) is 7.48. The van der Waals surface area contributed by atoms with Gasteiger partial charge in [0, 0.05) is 11.1 Å². The van der Waals surface area contributed by atoms with Gasteiger partial charge < -0.3 is 5.11 Å². The molecule has 1 aromatic heterocycles. The molecular formula is C17H24N2O. The zero-order chi connectivity index (χ0) is 14.5. The van der Waals surface area contributed by atoms with Gasteiger partial charge in [-0.2, -0.15) is 0 Å². The van der Waals surface area contributed by atoms with Crippen molar-refractivity contribution in [1.82, 2.24) is 9.88 Å². The van der Waals surface area contributed by atoms with Gasteiger partial charge in [0.15, 0.2) is 0 Å². The van der Waals surface area contributed by atoms with E-state index in [0.717, 1.165) is 41.7 Å². The molecule has 0 bridgehead atoms. The first kappa shape index (κ1) is 14.9. The van der Waals surface area contributed by atoms with Gasteiger partial charge >= 0.3 is 0 Å². The third-order valence-corrected chi connectivity index (χ3v) is 3.96. The summed E-state index contributed by atoms with van der Waals surface area (Å²) in [5.74, 6) is 0. The molecule has 0 aliphatic rings. The number of para-hydroxylation sites is 1. The van der Waals surface area contributed by atoms with Gasteiger partial charge in [0.05, 0.1) is 18.2 Å².